The highest BCUT2D eigenvalue weighted by Gasteiger charge is 2.20. The molecule has 1 fully saturated rings. The predicted octanol–water partition coefficient (Wildman–Crippen LogP) is 4.88. The van der Waals surface area contributed by atoms with Gasteiger partial charge in [0, 0.05) is 24.4 Å². The Morgan fingerprint density at radius 1 is 1.06 bits per heavy atom. The summed E-state index contributed by atoms with van der Waals surface area (Å²) in [6.45, 7) is 2.98. The number of benzene rings is 2. The summed E-state index contributed by atoms with van der Waals surface area (Å²) in [7, 11) is 3.20. The number of para-hydroxylation sites is 1. The molecule has 1 N–H and O–H groups in total. The molecule has 1 saturated heterocycles. The smallest absolute Gasteiger partial charge is 0.224 e. The van der Waals surface area contributed by atoms with Crippen molar-refractivity contribution in [1.29, 1.82) is 0 Å². The maximum Gasteiger partial charge on any atom is 0.224 e. The molecular weight excluding hydrogens is 402 g/mol. The Kier molecular flexibility index (Phi) is 7.22. The maximum atomic E-state index is 12.5. The molecule has 2 aromatic carbocycles. The van der Waals surface area contributed by atoms with Crippen LogP contribution in [-0.4, -0.2) is 43.1 Å². The second kappa shape index (κ2) is 10.5. The molecule has 4 rings (SSSR count). The van der Waals surface area contributed by atoms with E-state index in [-0.39, 0.29) is 5.91 Å². The van der Waals surface area contributed by atoms with Gasteiger partial charge in [-0.05, 0) is 62.5 Å². The fraction of sp³-hybridized carbons (Fsp3) is 0.385. The number of piperidine rings is 1. The van der Waals surface area contributed by atoms with E-state index in [1.54, 1.807) is 20.3 Å². The summed E-state index contributed by atoms with van der Waals surface area (Å²) < 4.78 is 10.6. The zero-order valence-electron chi connectivity index (χ0n) is 18.8. The quantitative estimate of drug-likeness (QED) is 0.548. The van der Waals surface area contributed by atoms with E-state index in [1.807, 2.05) is 24.3 Å². The first kappa shape index (κ1) is 22.1. The van der Waals surface area contributed by atoms with Crippen molar-refractivity contribution in [2.75, 3.05) is 32.6 Å². The van der Waals surface area contributed by atoms with Gasteiger partial charge in [0.15, 0.2) is 0 Å². The zero-order chi connectivity index (χ0) is 22.3. The van der Waals surface area contributed by atoms with E-state index >= 15 is 0 Å². The average molecular weight is 434 g/mol. The molecule has 0 bridgehead atoms. The van der Waals surface area contributed by atoms with Crippen LogP contribution in [0.3, 0.4) is 0 Å². The summed E-state index contributed by atoms with van der Waals surface area (Å²) in [5, 5.41) is 4.15. The minimum Gasteiger partial charge on any atom is -0.497 e. The first-order valence-corrected chi connectivity index (χ1v) is 11.2. The summed E-state index contributed by atoms with van der Waals surface area (Å²) in [4.78, 5) is 19.7. The fourth-order valence-electron chi connectivity index (χ4n) is 4.31. The third-order valence-electron chi connectivity index (χ3n) is 6.21. The van der Waals surface area contributed by atoms with Crippen LogP contribution in [0.25, 0.3) is 10.9 Å². The number of aromatic nitrogens is 1. The standard InChI is InChI=1S/C26H31N3O3/c1-31-22-10-11-24(25(17-22)32-2)28-26(30)12-7-19-13-15-29(16-14-19)18-21-9-8-20-5-3-4-6-23(20)27-21/h3-6,8-11,17,19H,7,12-16,18H2,1-2H3,(H,28,30). The van der Waals surface area contributed by atoms with Crippen molar-refractivity contribution in [1.82, 2.24) is 9.88 Å². The maximum absolute atomic E-state index is 12.5. The van der Waals surface area contributed by atoms with Gasteiger partial charge in [0.2, 0.25) is 5.91 Å². The molecule has 0 atom stereocenters. The lowest BCUT2D eigenvalue weighted by molar-refractivity contribution is -0.116. The van der Waals surface area contributed by atoms with E-state index < -0.39 is 0 Å². The number of hydrogen-bond acceptors (Lipinski definition) is 5. The molecule has 1 aliphatic rings. The second-order valence-electron chi connectivity index (χ2n) is 8.37. The number of anilines is 1. The zero-order valence-corrected chi connectivity index (χ0v) is 18.8. The molecule has 0 spiro atoms. The number of nitrogens with zero attached hydrogens (tertiary/aromatic N) is 2. The molecule has 32 heavy (non-hydrogen) atoms. The lowest BCUT2D eigenvalue weighted by Gasteiger charge is -2.31. The summed E-state index contributed by atoms with van der Waals surface area (Å²) in [6, 6.07) is 17.9. The van der Waals surface area contributed by atoms with E-state index in [0.717, 1.165) is 50.1 Å². The van der Waals surface area contributed by atoms with Gasteiger partial charge in [-0.25, -0.2) is 0 Å². The molecular formula is C26H31N3O3. The summed E-state index contributed by atoms with van der Waals surface area (Å²) >= 11 is 0. The summed E-state index contributed by atoms with van der Waals surface area (Å²) in [6.07, 6.45) is 3.66. The molecule has 1 aliphatic heterocycles. The van der Waals surface area contributed by atoms with Gasteiger partial charge < -0.3 is 14.8 Å². The van der Waals surface area contributed by atoms with Gasteiger partial charge in [-0.3, -0.25) is 14.7 Å². The molecule has 168 valence electrons. The number of amides is 1. The highest BCUT2D eigenvalue weighted by molar-refractivity contribution is 5.92. The van der Waals surface area contributed by atoms with Gasteiger partial charge in [-0.15, -0.1) is 0 Å². The minimum atomic E-state index is 0.0243. The van der Waals surface area contributed by atoms with Gasteiger partial charge in [-0.1, -0.05) is 24.3 Å². The van der Waals surface area contributed by atoms with Crippen LogP contribution in [0.15, 0.2) is 54.6 Å². The topological polar surface area (TPSA) is 63.7 Å². The van der Waals surface area contributed by atoms with E-state index in [2.05, 4.69) is 34.5 Å². The van der Waals surface area contributed by atoms with Gasteiger partial charge in [0.1, 0.15) is 11.5 Å². The molecule has 1 aromatic heterocycles. The minimum absolute atomic E-state index is 0.0243. The number of rotatable bonds is 8. The van der Waals surface area contributed by atoms with Crippen LogP contribution in [0.1, 0.15) is 31.4 Å². The van der Waals surface area contributed by atoms with Gasteiger partial charge in [-0.2, -0.15) is 0 Å². The average Bonchev–Trinajstić information content (AvgIpc) is 2.84. The Morgan fingerprint density at radius 3 is 2.66 bits per heavy atom. The van der Waals surface area contributed by atoms with Crippen molar-refractivity contribution >= 4 is 22.5 Å². The number of ether oxygens (including phenoxy) is 2. The first-order valence-electron chi connectivity index (χ1n) is 11.2. The molecule has 2 heterocycles. The number of methoxy groups -OCH3 is 2. The number of fused-ring (bicyclic) bond motifs is 1. The molecule has 0 aliphatic carbocycles. The third-order valence-corrected chi connectivity index (χ3v) is 6.21. The molecule has 1 amide bonds. The predicted molar refractivity (Wildman–Crippen MR) is 127 cm³/mol. The van der Waals surface area contributed by atoms with E-state index in [4.69, 9.17) is 14.5 Å². The highest BCUT2D eigenvalue weighted by Crippen LogP contribution is 2.30. The lowest BCUT2D eigenvalue weighted by atomic mass is 9.92. The van der Waals surface area contributed by atoms with Crippen LogP contribution < -0.4 is 14.8 Å². The second-order valence-corrected chi connectivity index (χ2v) is 8.37. The molecule has 6 heteroatoms. The molecule has 0 radical (unpaired) electrons. The van der Waals surface area contributed by atoms with Crippen LogP contribution in [0, 0.1) is 5.92 Å². The van der Waals surface area contributed by atoms with Crippen molar-refractivity contribution < 1.29 is 14.3 Å². The normalized spacial score (nSPS) is 14.9. The van der Waals surface area contributed by atoms with Crippen LogP contribution in [-0.2, 0) is 11.3 Å². The Morgan fingerprint density at radius 2 is 1.88 bits per heavy atom. The molecule has 0 saturated carbocycles. The van der Waals surface area contributed by atoms with Crippen molar-refractivity contribution in [2.45, 2.75) is 32.2 Å². The number of carbonyl (C=O) groups excluding carboxylic acids is 1. The largest absolute Gasteiger partial charge is 0.497 e. The van der Waals surface area contributed by atoms with Crippen LogP contribution in [0.5, 0.6) is 11.5 Å². The number of pyridine rings is 1. The lowest BCUT2D eigenvalue weighted by Crippen LogP contribution is -2.33. The van der Waals surface area contributed by atoms with E-state index in [0.29, 0.717) is 29.5 Å². The molecule has 0 unspecified atom stereocenters. The molecule has 6 nitrogen and oxygen atoms in total. The van der Waals surface area contributed by atoms with Crippen molar-refractivity contribution in [3.63, 3.8) is 0 Å². The molecule has 3 aromatic rings. The van der Waals surface area contributed by atoms with Gasteiger partial charge in [0.25, 0.3) is 0 Å². The Balaban J connectivity index is 1.22. The van der Waals surface area contributed by atoms with Gasteiger partial charge >= 0.3 is 0 Å². The van der Waals surface area contributed by atoms with Crippen molar-refractivity contribution in [3.8, 4) is 11.5 Å². The monoisotopic (exact) mass is 433 g/mol. The van der Waals surface area contributed by atoms with Crippen molar-refractivity contribution in [3.05, 3.63) is 60.3 Å². The van der Waals surface area contributed by atoms with E-state index in [1.165, 1.54) is 5.39 Å². The summed E-state index contributed by atoms with van der Waals surface area (Å²) in [5.74, 6) is 1.91. The van der Waals surface area contributed by atoms with Crippen LogP contribution in [0.4, 0.5) is 5.69 Å². The summed E-state index contributed by atoms with van der Waals surface area (Å²) in [5.41, 5.74) is 2.85. The number of hydrogen-bond donors (Lipinski definition) is 1. The van der Waals surface area contributed by atoms with E-state index in [9.17, 15) is 4.79 Å². The Labute approximate surface area is 189 Å². The van der Waals surface area contributed by atoms with Crippen LogP contribution >= 0.6 is 0 Å². The Hall–Kier alpha value is -3.12. The number of carbonyl (C=O) groups is 1. The first-order chi connectivity index (χ1) is 15.6. The highest BCUT2D eigenvalue weighted by atomic mass is 16.5. The van der Waals surface area contributed by atoms with Crippen LogP contribution in [0.2, 0.25) is 0 Å². The third kappa shape index (κ3) is 5.56. The number of nitrogens with one attached hydrogen (secondary N) is 1. The Bertz CT molecular complexity index is 1060. The SMILES string of the molecule is COc1ccc(NC(=O)CCC2CCN(Cc3ccc4ccccc4n3)CC2)c(OC)c1. The number of likely N-dealkylation sites (tertiary alicyclic amines) is 1. The fourth-order valence-corrected chi connectivity index (χ4v) is 4.31. The van der Waals surface area contributed by atoms with Crippen molar-refractivity contribution in [2.24, 2.45) is 5.92 Å². The van der Waals surface area contributed by atoms with Gasteiger partial charge in [0.05, 0.1) is 31.1 Å².